The van der Waals surface area contributed by atoms with Gasteiger partial charge in [0.05, 0.1) is 5.56 Å². The molecule has 0 fully saturated rings. The standard InChI is InChI=1S/C23H21N3O4/c1-15-11-20(17(3)26(15)22-12-16(2)30-24-22)21(27)14-29-23(28)18-7-6-8-19(13-18)25-9-4-5-10-25/h4-13H,14H2,1-3H3. The maximum atomic E-state index is 12.7. The number of nitrogens with zero attached hydrogens (tertiary/aromatic N) is 3. The highest BCUT2D eigenvalue weighted by Crippen LogP contribution is 2.21. The van der Waals surface area contributed by atoms with Crippen molar-refractivity contribution >= 4 is 11.8 Å². The van der Waals surface area contributed by atoms with Crippen LogP contribution >= 0.6 is 0 Å². The quantitative estimate of drug-likeness (QED) is 0.356. The minimum Gasteiger partial charge on any atom is -0.454 e. The zero-order valence-electron chi connectivity index (χ0n) is 17.0. The second kappa shape index (κ2) is 7.87. The summed E-state index contributed by atoms with van der Waals surface area (Å²) in [6.07, 6.45) is 3.78. The summed E-state index contributed by atoms with van der Waals surface area (Å²) < 4.78 is 14.2. The molecule has 0 spiro atoms. The lowest BCUT2D eigenvalue weighted by Crippen LogP contribution is -2.15. The van der Waals surface area contributed by atoms with E-state index in [1.807, 2.05) is 60.5 Å². The Kier molecular flexibility index (Phi) is 5.10. The van der Waals surface area contributed by atoms with Crippen molar-refractivity contribution in [3.05, 3.63) is 89.2 Å². The molecule has 0 atom stereocenters. The third-order valence-corrected chi connectivity index (χ3v) is 4.89. The Morgan fingerprint density at radius 1 is 1.03 bits per heavy atom. The van der Waals surface area contributed by atoms with Gasteiger partial charge in [0.25, 0.3) is 0 Å². The molecule has 0 amide bonds. The van der Waals surface area contributed by atoms with E-state index in [2.05, 4.69) is 5.16 Å². The normalized spacial score (nSPS) is 10.9. The van der Waals surface area contributed by atoms with Gasteiger partial charge >= 0.3 is 5.97 Å². The molecule has 0 bridgehead atoms. The molecule has 7 nitrogen and oxygen atoms in total. The number of carbonyl (C=O) groups is 2. The number of aromatic nitrogens is 3. The predicted molar refractivity (Wildman–Crippen MR) is 110 cm³/mol. The van der Waals surface area contributed by atoms with Crippen molar-refractivity contribution in [3.8, 4) is 11.5 Å². The minimum atomic E-state index is -0.543. The van der Waals surface area contributed by atoms with Gasteiger partial charge in [0.1, 0.15) is 5.76 Å². The number of Topliss-reactive ketones (excluding diaryl/α,β-unsaturated/α-hetero) is 1. The summed E-state index contributed by atoms with van der Waals surface area (Å²) in [4.78, 5) is 25.2. The molecule has 0 aliphatic carbocycles. The highest BCUT2D eigenvalue weighted by atomic mass is 16.5. The molecule has 4 aromatic rings. The summed E-state index contributed by atoms with van der Waals surface area (Å²) in [5.74, 6) is 0.476. The van der Waals surface area contributed by atoms with Gasteiger partial charge in [0.15, 0.2) is 12.4 Å². The van der Waals surface area contributed by atoms with Gasteiger partial charge in [-0.2, -0.15) is 0 Å². The second-order valence-corrected chi connectivity index (χ2v) is 7.06. The molecule has 1 aromatic carbocycles. The zero-order valence-corrected chi connectivity index (χ0v) is 17.0. The fraction of sp³-hybridized carbons (Fsp3) is 0.174. The van der Waals surface area contributed by atoms with Crippen molar-refractivity contribution in [2.45, 2.75) is 20.8 Å². The summed E-state index contributed by atoms with van der Waals surface area (Å²) in [6.45, 7) is 5.18. The number of hydrogen-bond donors (Lipinski definition) is 0. The van der Waals surface area contributed by atoms with Crippen molar-refractivity contribution in [1.82, 2.24) is 14.3 Å². The van der Waals surface area contributed by atoms with Crippen molar-refractivity contribution in [3.63, 3.8) is 0 Å². The number of esters is 1. The van der Waals surface area contributed by atoms with Crippen LogP contribution < -0.4 is 0 Å². The summed E-state index contributed by atoms with van der Waals surface area (Å²) >= 11 is 0. The largest absolute Gasteiger partial charge is 0.454 e. The van der Waals surface area contributed by atoms with Gasteiger partial charge in [-0.15, -0.1) is 0 Å². The van der Waals surface area contributed by atoms with Crippen LogP contribution in [0.1, 0.15) is 37.9 Å². The van der Waals surface area contributed by atoms with E-state index in [1.165, 1.54) is 0 Å². The first-order chi connectivity index (χ1) is 14.4. The molecule has 0 N–H and O–H groups in total. The van der Waals surface area contributed by atoms with Crippen LogP contribution in [0.3, 0.4) is 0 Å². The SMILES string of the molecule is Cc1cc(-n2c(C)cc(C(=O)COC(=O)c3cccc(-n4cccc4)c3)c2C)no1. The second-order valence-electron chi connectivity index (χ2n) is 7.06. The van der Waals surface area contributed by atoms with E-state index in [-0.39, 0.29) is 12.4 Å². The molecule has 3 heterocycles. The maximum absolute atomic E-state index is 12.7. The highest BCUT2D eigenvalue weighted by Gasteiger charge is 2.20. The van der Waals surface area contributed by atoms with Crippen LogP contribution in [0.15, 0.2) is 65.4 Å². The molecule has 3 aromatic heterocycles. The summed E-state index contributed by atoms with van der Waals surface area (Å²) in [5, 5.41) is 4.01. The number of aryl methyl sites for hydroxylation is 2. The van der Waals surface area contributed by atoms with E-state index < -0.39 is 5.97 Å². The van der Waals surface area contributed by atoms with Crippen LogP contribution in [0.25, 0.3) is 11.5 Å². The Bertz CT molecular complexity index is 1220. The van der Waals surface area contributed by atoms with E-state index in [0.717, 1.165) is 17.1 Å². The fourth-order valence-corrected chi connectivity index (χ4v) is 3.45. The van der Waals surface area contributed by atoms with Crippen LogP contribution in [0.5, 0.6) is 0 Å². The van der Waals surface area contributed by atoms with Crippen LogP contribution in [-0.4, -0.2) is 32.7 Å². The third-order valence-electron chi connectivity index (χ3n) is 4.89. The van der Waals surface area contributed by atoms with Crippen molar-refractivity contribution in [2.24, 2.45) is 0 Å². The lowest BCUT2D eigenvalue weighted by Gasteiger charge is -2.08. The lowest BCUT2D eigenvalue weighted by molar-refractivity contribution is 0.0474. The molecule has 7 heteroatoms. The molecular formula is C23H21N3O4. The smallest absolute Gasteiger partial charge is 0.338 e. The number of carbonyl (C=O) groups excluding carboxylic acids is 2. The van der Waals surface area contributed by atoms with Gasteiger partial charge < -0.3 is 13.8 Å². The fourth-order valence-electron chi connectivity index (χ4n) is 3.45. The van der Waals surface area contributed by atoms with Gasteiger partial charge in [-0.25, -0.2) is 4.79 Å². The number of ketones is 1. The van der Waals surface area contributed by atoms with E-state index >= 15 is 0 Å². The van der Waals surface area contributed by atoms with E-state index in [9.17, 15) is 9.59 Å². The number of hydrogen-bond acceptors (Lipinski definition) is 5. The Hall–Kier alpha value is -3.87. The lowest BCUT2D eigenvalue weighted by atomic mass is 10.1. The Morgan fingerprint density at radius 2 is 1.80 bits per heavy atom. The zero-order chi connectivity index (χ0) is 21.3. The maximum Gasteiger partial charge on any atom is 0.338 e. The van der Waals surface area contributed by atoms with E-state index in [4.69, 9.17) is 9.26 Å². The molecule has 4 rings (SSSR count). The Labute approximate surface area is 173 Å². The van der Waals surface area contributed by atoms with Gasteiger partial charge in [-0.05, 0) is 57.2 Å². The van der Waals surface area contributed by atoms with Crippen molar-refractivity contribution in [2.75, 3.05) is 6.61 Å². The Balaban J connectivity index is 1.48. The average molecular weight is 403 g/mol. The van der Waals surface area contributed by atoms with Crippen LogP contribution in [0.2, 0.25) is 0 Å². The number of rotatable bonds is 6. The van der Waals surface area contributed by atoms with Gasteiger partial charge in [-0.3, -0.25) is 9.36 Å². The van der Waals surface area contributed by atoms with Gasteiger partial charge in [0, 0.05) is 41.1 Å². The van der Waals surface area contributed by atoms with Crippen LogP contribution in [0.4, 0.5) is 0 Å². The highest BCUT2D eigenvalue weighted by molar-refractivity contribution is 6.00. The Morgan fingerprint density at radius 3 is 2.50 bits per heavy atom. The molecule has 0 aliphatic rings. The summed E-state index contributed by atoms with van der Waals surface area (Å²) in [6, 6.07) is 14.4. The van der Waals surface area contributed by atoms with E-state index in [0.29, 0.717) is 22.7 Å². The first-order valence-corrected chi connectivity index (χ1v) is 9.50. The molecule has 0 radical (unpaired) electrons. The van der Waals surface area contributed by atoms with Gasteiger partial charge in [0.2, 0.25) is 5.78 Å². The summed E-state index contributed by atoms with van der Waals surface area (Å²) in [5.41, 5.74) is 3.28. The number of benzene rings is 1. The number of ether oxygens (including phenoxy) is 1. The first-order valence-electron chi connectivity index (χ1n) is 9.50. The average Bonchev–Trinajstić information content (AvgIpc) is 3.47. The minimum absolute atomic E-state index is 0.274. The molecular weight excluding hydrogens is 382 g/mol. The first kappa shape index (κ1) is 19.4. The molecule has 30 heavy (non-hydrogen) atoms. The van der Waals surface area contributed by atoms with Gasteiger partial charge in [-0.1, -0.05) is 11.2 Å². The van der Waals surface area contributed by atoms with Crippen LogP contribution in [0, 0.1) is 20.8 Å². The molecule has 0 saturated carbocycles. The predicted octanol–water partition coefficient (Wildman–Crippen LogP) is 4.22. The summed E-state index contributed by atoms with van der Waals surface area (Å²) in [7, 11) is 0. The van der Waals surface area contributed by atoms with Crippen molar-refractivity contribution < 1.29 is 18.8 Å². The topological polar surface area (TPSA) is 79.3 Å². The monoisotopic (exact) mass is 403 g/mol. The van der Waals surface area contributed by atoms with Crippen LogP contribution in [-0.2, 0) is 4.74 Å². The third kappa shape index (κ3) is 3.69. The molecule has 152 valence electrons. The molecule has 0 aliphatic heterocycles. The van der Waals surface area contributed by atoms with Crippen molar-refractivity contribution in [1.29, 1.82) is 0 Å². The molecule has 0 saturated heterocycles. The van der Waals surface area contributed by atoms with E-state index in [1.54, 1.807) is 30.3 Å². The molecule has 0 unspecified atom stereocenters.